The molecule has 0 N–H and O–H groups in total. The molecule has 1 saturated heterocycles. The molecule has 0 radical (unpaired) electrons. The fraction of sp³-hybridized carbons (Fsp3) is 0.389. The van der Waals surface area contributed by atoms with Crippen LogP contribution in [0.15, 0.2) is 36.5 Å². The van der Waals surface area contributed by atoms with Gasteiger partial charge in [-0.2, -0.15) is 22.0 Å². The van der Waals surface area contributed by atoms with E-state index in [1.807, 2.05) is 0 Å². The molecule has 0 saturated carbocycles. The number of pyridine rings is 1. The molecule has 3 rings (SSSR count). The van der Waals surface area contributed by atoms with E-state index in [1.165, 1.54) is 18.2 Å². The van der Waals surface area contributed by atoms with Crippen molar-refractivity contribution in [1.82, 2.24) is 4.98 Å². The number of hydrogen-bond acceptors (Lipinski definition) is 6. The lowest BCUT2D eigenvalue weighted by Crippen LogP contribution is -2.31. The van der Waals surface area contributed by atoms with Crippen LogP contribution in [-0.4, -0.2) is 42.7 Å². The van der Waals surface area contributed by atoms with E-state index < -0.39 is 23.3 Å². The van der Waals surface area contributed by atoms with Crippen molar-refractivity contribution in [1.29, 1.82) is 0 Å². The second-order valence-corrected chi connectivity index (χ2v) is 6.52. The van der Waals surface area contributed by atoms with Crippen molar-refractivity contribution in [2.75, 3.05) is 36.0 Å². The molecule has 0 unspecified atom stereocenters. The zero-order valence-corrected chi connectivity index (χ0v) is 15.5. The van der Waals surface area contributed by atoms with Crippen molar-refractivity contribution in [3.05, 3.63) is 52.2 Å². The van der Waals surface area contributed by atoms with Gasteiger partial charge in [0.25, 0.3) is 5.69 Å². The Balaban J connectivity index is 1.77. The number of benzene rings is 1. The monoisotopic (exact) mass is 432 g/mol. The highest BCUT2D eigenvalue weighted by atomic mass is 19.4. The highest BCUT2D eigenvalue weighted by Crippen LogP contribution is 2.34. The summed E-state index contributed by atoms with van der Waals surface area (Å²) < 4.78 is 68.1. The number of non-ortho nitro benzene ring substituents is 1. The van der Waals surface area contributed by atoms with Gasteiger partial charge in [0.15, 0.2) is 5.75 Å². The third kappa shape index (κ3) is 5.05. The van der Waals surface area contributed by atoms with Gasteiger partial charge in [0, 0.05) is 38.4 Å². The van der Waals surface area contributed by atoms with E-state index in [0.717, 1.165) is 18.3 Å². The summed E-state index contributed by atoms with van der Waals surface area (Å²) in [6.07, 6.45) is -3.14. The Morgan fingerprint density at radius 3 is 2.37 bits per heavy atom. The number of nitro groups is 1. The van der Waals surface area contributed by atoms with Gasteiger partial charge in [-0.1, -0.05) is 0 Å². The minimum atomic E-state index is -4.47. The second kappa shape index (κ2) is 8.67. The first-order valence-corrected chi connectivity index (χ1v) is 8.91. The molecule has 30 heavy (non-hydrogen) atoms. The highest BCUT2D eigenvalue weighted by molar-refractivity contribution is 5.63. The van der Waals surface area contributed by atoms with Crippen molar-refractivity contribution in [2.45, 2.75) is 19.2 Å². The van der Waals surface area contributed by atoms with Crippen molar-refractivity contribution in [3.8, 4) is 5.75 Å². The Kier molecular flexibility index (Phi) is 6.22. The molecule has 162 valence electrons. The molecule has 1 fully saturated rings. The molecule has 0 spiro atoms. The molecule has 2 aromatic rings. The number of hydrogen-bond donors (Lipinski definition) is 0. The molecule has 0 atom stereocenters. The molecule has 7 nitrogen and oxygen atoms in total. The first-order valence-electron chi connectivity index (χ1n) is 8.91. The third-order valence-corrected chi connectivity index (χ3v) is 4.61. The van der Waals surface area contributed by atoms with Crippen LogP contribution in [0.25, 0.3) is 0 Å². The third-order valence-electron chi connectivity index (χ3n) is 4.61. The summed E-state index contributed by atoms with van der Waals surface area (Å²) in [5.74, 6) is 0.0675. The zero-order valence-electron chi connectivity index (χ0n) is 15.5. The van der Waals surface area contributed by atoms with Crippen LogP contribution < -0.4 is 14.5 Å². The van der Waals surface area contributed by atoms with Gasteiger partial charge in [-0.15, -0.1) is 0 Å². The van der Waals surface area contributed by atoms with Crippen molar-refractivity contribution in [3.63, 3.8) is 0 Å². The Bertz CT molecular complexity index is 892. The number of halogens is 5. The molecule has 2 heterocycles. The molecule has 12 heteroatoms. The SMILES string of the molecule is O=[N+]([O-])c1ccc(N2CCCN(c3ccc(C(F)(F)F)cn3)CC2)c(OC(F)F)c1. The summed E-state index contributed by atoms with van der Waals surface area (Å²) in [5.41, 5.74) is -0.940. The number of ether oxygens (including phenoxy) is 1. The minimum Gasteiger partial charge on any atom is -0.432 e. The van der Waals surface area contributed by atoms with E-state index in [1.54, 1.807) is 9.80 Å². The maximum absolute atomic E-state index is 12.8. The van der Waals surface area contributed by atoms with Crippen LogP contribution >= 0.6 is 0 Å². The zero-order chi connectivity index (χ0) is 21.9. The number of nitrogens with zero attached hydrogens (tertiary/aromatic N) is 4. The largest absolute Gasteiger partial charge is 0.432 e. The van der Waals surface area contributed by atoms with Crippen LogP contribution in [-0.2, 0) is 6.18 Å². The summed E-state index contributed by atoms with van der Waals surface area (Å²) in [6.45, 7) is -1.52. The Labute approximate surface area is 167 Å². The number of rotatable bonds is 5. The first kappa shape index (κ1) is 21.5. The molecule has 1 aromatic carbocycles. The minimum absolute atomic E-state index is 0.281. The van der Waals surface area contributed by atoms with E-state index in [0.29, 0.717) is 38.4 Å². The van der Waals surface area contributed by atoms with Crippen LogP contribution in [0.2, 0.25) is 0 Å². The lowest BCUT2D eigenvalue weighted by Gasteiger charge is -2.26. The summed E-state index contributed by atoms with van der Waals surface area (Å²) in [5, 5.41) is 10.9. The highest BCUT2D eigenvalue weighted by Gasteiger charge is 2.31. The maximum atomic E-state index is 12.8. The molecule has 1 aliphatic rings. The van der Waals surface area contributed by atoms with Gasteiger partial charge >= 0.3 is 12.8 Å². The number of nitro benzene ring substituents is 1. The van der Waals surface area contributed by atoms with Gasteiger partial charge in [0.2, 0.25) is 0 Å². The van der Waals surface area contributed by atoms with E-state index in [-0.39, 0.29) is 17.1 Å². The average molecular weight is 432 g/mol. The molecular formula is C18H17F5N4O3. The van der Waals surface area contributed by atoms with Crippen LogP contribution in [0, 0.1) is 10.1 Å². The molecule has 1 aromatic heterocycles. The lowest BCUT2D eigenvalue weighted by atomic mass is 10.2. The van der Waals surface area contributed by atoms with E-state index in [4.69, 9.17) is 0 Å². The number of aromatic nitrogens is 1. The van der Waals surface area contributed by atoms with Crippen molar-refractivity contribution in [2.24, 2.45) is 0 Å². The Morgan fingerprint density at radius 2 is 1.77 bits per heavy atom. The van der Waals surface area contributed by atoms with Gasteiger partial charge in [-0.3, -0.25) is 10.1 Å². The van der Waals surface area contributed by atoms with Crippen molar-refractivity contribution >= 4 is 17.2 Å². The van der Waals surface area contributed by atoms with E-state index in [2.05, 4.69) is 9.72 Å². The predicted molar refractivity (Wildman–Crippen MR) is 98.0 cm³/mol. The number of alkyl halides is 5. The van der Waals surface area contributed by atoms with E-state index >= 15 is 0 Å². The number of anilines is 2. The maximum Gasteiger partial charge on any atom is 0.417 e. The van der Waals surface area contributed by atoms with Gasteiger partial charge < -0.3 is 14.5 Å². The molecule has 0 aliphatic carbocycles. The molecule has 0 bridgehead atoms. The summed E-state index contributed by atoms with van der Waals surface area (Å²) in [4.78, 5) is 17.6. The fourth-order valence-electron chi connectivity index (χ4n) is 3.20. The lowest BCUT2D eigenvalue weighted by molar-refractivity contribution is -0.385. The average Bonchev–Trinajstić information content (AvgIpc) is 2.93. The Hall–Kier alpha value is -3.18. The van der Waals surface area contributed by atoms with Crippen molar-refractivity contribution < 1.29 is 31.6 Å². The van der Waals surface area contributed by atoms with Crippen LogP contribution in [0.3, 0.4) is 0 Å². The molecule has 1 aliphatic heterocycles. The first-order chi connectivity index (χ1) is 14.1. The molecular weight excluding hydrogens is 415 g/mol. The van der Waals surface area contributed by atoms with Gasteiger partial charge in [0.1, 0.15) is 5.82 Å². The van der Waals surface area contributed by atoms with Gasteiger partial charge in [-0.25, -0.2) is 4.98 Å². The predicted octanol–water partition coefficient (Wildman–Crippen LogP) is 4.33. The molecule has 0 amide bonds. The Morgan fingerprint density at radius 1 is 1.07 bits per heavy atom. The summed E-state index contributed by atoms with van der Waals surface area (Å²) in [7, 11) is 0. The van der Waals surface area contributed by atoms with Gasteiger partial charge in [0.05, 0.1) is 22.2 Å². The topological polar surface area (TPSA) is 71.7 Å². The second-order valence-electron chi connectivity index (χ2n) is 6.52. The standard InChI is InChI=1S/C18H17F5N4O3/c19-17(20)30-15-10-13(27(28)29)3-4-14(15)25-6-1-7-26(9-8-25)16-5-2-12(11-24-16)18(21,22)23/h2-5,10-11,17H,1,6-9H2. The summed E-state index contributed by atoms with van der Waals surface area (Å²) in [6, 6.07) is 5.74. The smallest absolute Gasteiger partial charge is 0.417 e. The van der Waals surface area contributed by atoms with Crippen LogP contribution in [0.5, 0.6) is 5.75 Å². The fourth-order valence-corrected chi connectivity index (χ4v) is 3.20. The quantitative estimate of drug-likeness (QED) is 0.398. The van der Waals surface area contributed by atoms with Gasteiger partial charge in [-0.05, 0) is 24.6 Å². The van der Waals surface area contributed by atoms with E-state index in [9.17, 15) is 32.1 Å². The summed E-state index contributed by atoms with van der Waals surface area (Å²) >= 11 is 0. The normalized spacial score (nSPS) is 15.3. The van der Waals surface area contributed by atoms with Crippen LogP contribution in [0.1, 0.15) is 12.0 Å². The van der Waals surface area contributed by atoms with Crippen LogP contribution in [0.4, 0.5) is 39.1 Å².